The molecule has 2 aromatic rings. The predicted molar refractivity (Wildman–Crippen MR) is 112 cm³/mol. The Bertz CT molecular complexity index is 916. The maximum Gasteiger partial charge on any atom is 0.341 e. The summed E-state index contributed by atoms with van der Waals surface area (Å²) in [5.74, 6) is 0.611. The molecule has 0 spiro atoms. The lowest BCUT2D eigenvalue weighted by molar-refractivity contribution is -0.118. The van der Waals surface area contributed by atoms with Crippen molar-refractivity contribution >= 4 is 28.2 Å². The van der Waals surface area contributed by atoms with Crippen LogP contribution in [0, 0.1) is 26.7 Å². The molecule has 1 aromatic heterocycles. The fraction of sp³-hybridized carbons (Fsp3) is 0.455. The van der Waals surface area contributed by atoms with Gasteiger partial charge in [0.2, 0.25) is 0 Å². The first-order valence-electron chi connectivity index (χ1n) is 9.53. The highest BCUT2D eigenvalue weighted by Crippen LogP contribution is 2.40. The summed E-state index contributed by atoms with van der Waals surface area (Å²) in [4.78, 5) is 26.0. The predicted octanol–water partition coefficient (Wildman–Crippen LogP) is 4.60. The first kappa shape index (κ1) is 20.4. The fourth-order valence-corrected chi connectivity index (χ4v) is 5.03. The second-order valence-electron chi connectivity index (χ2n) is 7.59. The highest BCUT2D eigenvalue weighted by atomic mass is 32.1. The lowest BCUT2D eigenvalue weighted by atomic mass is 9.88. The van der Waals surface area contributed by atoms with Gasteiger partial charge in [0.1, 0.15) is 10.8 Å². The van der Waals surface area contributed by atoms with Gasteiger partial charge in [0.05, 0.1) is 12.7 Å². The molecule has 1 aliphatic carbocycles. The van der Waals surface area contributed by atoms with Crippen LogP contribution in [0.15, 0.2) is 12.1 Å². The number of carbonyl (C=O) groups excluding carboxylic acids is 2. The Labute approximate surface area is 170 Å². The summed E-state index contributed by atoms with van der Waals surface area (Å²) < 4.78 is 10.7. The van der Waals surface area contributed by atoms with Crippen molar-refractivity contribution < 1.29 is 19.1 Å². The van der Waals surface area contributed by atoms with Crippen molar-refractivity contribution in [2.45, 2.75) is 47.0 Å². The second kappa shape index (κ2) is 8.35. The summed E-state index contributed by atoms with van der Waals surface area (Å²) in [7, 11) is 1.37. The van der Waals surface area contributed by atoms with Crippen LogP contribution in [0.1, 0.15) is 50.8 Å². The van der Waals surface area contributed by atoms with Crippen molar-refractivity contribution in [2.24, 2.45) is 5.92 Å². The summed E-state index contributed by atoms with van der Waals surface area (Å²) in [5.41, 5.74) is 4.77. The lowest BCUT2D eigenvalue weighted by Crippen LogP contribution is -2.21. The number of aryl methyl sites for hydroxylation is 2. The molecule has 0 fully saturated rings. The minimum Gasteiger partial charge on any atom is -0.483 e. The third-order valence-electron chi connectivity index (χ3n) is 5.28. The third kappa shape index (κ3) is 4.22. The maximum atomic E-state index is 12.5. The molecule has 1 amide bonds. The van der Waals surface area contributed by atoms with Crippen LogP contribution in [0.2, 0.25) is 0 Å². The number of amides is 1. The van der Waals surface area contributed by atoms with E-state index in [4.69, 9.17) is 9.47 Å². The topological polar surface area (TPSA) is 64.6 Å². The number of hydrogen-bond acceptors (Lipinski definition) is 5. The zero-order valence-electron chi connectivity index (χ0n) is 17.1. The van der Waals surface area contributed by atoms with Crippen molar-refractivity contribution in [2.75, 3.05) is 19.0 Å². The van der Waals surface area contributed by atoms with E-state index in [-0.39, 0.29) is 12.5 Å². The van der Waals surface area contributed by atoms with Gasteiger partial charge in [0.25, 0.3) is 5.91 Å². The first-order valence-corrected chi connectivity index (χ1v) is 10.3. The van der Waals surface area contributed by atoms with Gasteiger partial charge in [-0.1, -0.05) is 13.0 Å². The number of thiophene rings is 1. The molecule has 0 saturated heterocycles. The van der Waals surface area contributed by atoms with Crippen LogP contribution >= 0.6 is 11.3 Å². The molecule has 1 aliphatic rings. The molecule has 1 atom stereocenters. The van der Waals surface area contributed by atoms with Gasteiger partial charge in [-0.05, 0) is 74.3 Å². The molecule has 1 heterocycles. The molecule has 0 aliphatic heterocycles. The van der Waals surface area contributed by atoms with Crippen LogP contribution in [0.5, 0.6) is 5.75 Å². The van der Waals surface area contributed by atoms with Gasteiger partial charge in [-0.25, -0.2) is 4.79 Å². The van der Waals surface area contributed by atoms with Gasteiger partial charge in [0.15, 0.2) is 6.61 Å². The standard InChI is InChI=1S/C22H27NO4S/c1-12-6-7-16-18(10-12)28-21(20(16)22(25)26-5)23-19(24)11-27-17-9-13(2)8-14(3)15(17)4/h8-9,12H,6-7,10-11H2,1-5H3,(H,23,24). The molecule has 1 aromatic carbocycles. The minimum atomic E-state index is -0.395. The second-order valence-corrected chi connectivity index (χ2v) is 8.69. The van der Waals surface area contributed by atoms with Crippen LogP contribution < -0.4 is 10.1 Å². The Balaban J connectivity index is 1.76. The van der Waals surface area contributed by atoms with Gasteiger partial charge in [0, 0.05) is 4.88 Å². The number of hydrogen-bond donors (Lipinski definition) is 1. The monoisotopic (exact) mass is 401 g/mol. The van der Waals surface area contributed by atoms with Crippen LogP contribution in [-0.2, 0) is 22.4 Å². The zero-order chi connectivity index (χ0) is 20.4. The minimum absolute atomic E-state index is 0.108. The molecule has 0 saturated carbocycles. The highest BCUT2D eigenvalue weighted by molar-refractivity contribution is 7.17. The largest absolute Gasteiger partial charge is 0.483 e. The number of anilines is 1. The number of ether oxygens (including phenoxy) is 2. The van der Waals surface area contributed by atoms with Gasteiger partial charge in [-0.15, -0.1) is 11.3 Å². The van der Waals surface area contributed by atoms with Crippen molar-refractivity contribution in [1.29, 1.82) is 0 Å². The van der Waals surface area contributed by atoms with Crippen molar-refractivity contribution in [1.82, 2.24) is 0 Å². The summed E-state index contributed by atoms with van der Waals surface area (Å²) in [6.07, 6.45) is 2.81. The molecule has 1 N–H and O–H groups in total. The van der Waals surface area contributed by atoms with Crippen LogP contribution in [-0.4, -0.2) is 25.6 Å². The van der Waals surface area contributed by atoms with Gasteiger partial charge in [-0.2, -0.15) is 0 Å². The first-order chi connectivity index (χ1) is 13.3. The van der Waals surface area contributed by atoms with Crippen molar-refractivity contribution in [3.05, 3.63) is 44.8 Å². The highest BCUT2D eigenvalue weighted by Gasteiger charge is 2.28. The molecule has 0 bridgehead atoms. The third-order valence-corrected chi connectivity index (χ3v) is 6.45. The van der Waals surface area contributed by atoms with E-state index in [0.29, 0.717) is 22.2 Å². The van der Waals surface area contributed by atoms with Crippen molar-refractivity contribution in [3.8, 4) is 5.75 Å². The molecule has 150 valence electrons. The van der Waals surface area contributed by atoms with Crippen LogP contribution in [0.4, 0.5) is 5.00 Å². The van der Waals surface area contributed by atoms with E-state index in [9.17, 15) is 9.59 Å². The maximum absolute atomic E-state index is 12.5. The Morgan fingerprint density at radius 3 is 2.71 bits per heavy atom. The van der Waals surface area contributed by atoms with Gasteiger partial charge in [-0.3, -0.25) is 4.79 Å². The van der Waals surface area contributed by atoms with E-state index < -0.39 is 5.97 Å². The molecular formula is C22H27NO4S. The average molecular weight is 402 g/mol. The molecule has 6 heteroatoms. The molecule has 3 rings (SSSR count). The molecule has 0 radical (unpaired) electrons. The number of methoxy groups -OCH3 is 1. The van der Waals surface area contributed by atoms with E-state index in [1.165, 1.54) is 23.3 Å². The Hall–Kier alpha value is -2.34. The van der Waals surface area contributed by atoms with E-state index in [1.54, 1.807) is 0 Å². The SMILES string of the molecule is COC(=O)c1c(NC(=O)COc2cc(C)cc(C)c2C)sc2c1CCC(C)C2. The molecule has 28 heavy (non-hydrogen) atoms. The van der Waals surface area contributed by atoms with Gasteiger partial charge < -0.3 is 14.8 Å². The lowest BCUT2D eigenvalue weighted by Gasteiger charge is -2.18. The number of esters is 1. The summed E-state index contributed by atoms with van der Waals surface area (Å²) in [6, 6.07) is 4.02. The van der Waals surface area contributed by atoms with Crippen LogP contribution in [0.25, 0.3) is 0 Å². The normalized spacial score (nSPS) is 15.7. The quantitative estimate of drug-likeness (QED) is 0.744. The number of rotatable bonds is 5. The van der Waals surface area contributed by atoms with E-state index >= 15 is 0 Å². The van der Waals surface area contributed by atoms with Gasteiger partial charge >= 0.3 is 5.97 Å². The number of fused-ring (bicyclic) bond motifs is 1. The fourth-order valence-electron chi connectivity index (χ4n) is 3.61. The number of nitrogens with one attached hydrogen (secondary N) is 1. The van der Waals surface area contributed by atoms with Crippen molar-refractivity contribution in [3.63, 3.8) is 0 Å². The molecule has 1 unspecified atom stereocenters. The Morgan fingerprint density at radius 1 is 1.25 bits per heavy atom. The number of carbonyl (C=O) groups is 2. The molecular weight excluding hydrogens is 374 g/mol. The Kier molecular flexibility index (Phi) is 6.08. The Morgan fingerprint density at radius 2 is 2.00 bits per heavy atom. The summed E-state index contributed by atoms with van der Waals surface area (Å²) >= 11 is 1.48. The number of benzene rings is 1. The zero-order valence-corrected chi connectivity index (χ0v) is 17.9. The summed E-state index contributed by atoms with van der Waals surface area (Å²) in [5, 5.41) is 3.44. The van der Waals surface area contributed by atoms with E-state index in [0.717, 1.165) is 41.5 Å². The summed E-state index contributed by atoms with van der Waals surface area (Å²) in [6.45, 7) is 8.10. The van der Waals surface area contributed by atoms with E-state index in [1.807, 2.05) is 26.8 Å². The van der Waals surface area contributed by atoms with E-state index in [2.05, 4.69) is 18.3 Å². The average Bonchev–Trinajstić information content (AvgIpc) is 2.99. The van der Waals surface area contributed by atoms with Crippen LogP contribution in [0.3, 0.4) is 0 Å². The smallest absolute Gasteiger partial charge is 0.341 e. The molecule has 5 nitrogen and oxygen atoms in total.